The van der Waals surface area contributed by atoms with Crippen LogP contribution < -0.4 is 14.2 Å². The molecule has 0 fully saturated rings. The molecule has 2 aromatic carbocycles. The maximum absolute atomic E-state index is 12.5. The normalized spacial score (nSPS) is 11.3. The molecule has 0 aliphatic heterocycles. The zero-order valence-corrected chi connectivity index (χ0v) is 17.2. The number of carbonyl (C=O) groups excluding carboxylic acids is 1. The van der Waals surface area contributed by atoms with E-state index in [1.807, 2.05) is 31.2 Å². The number of hydrogen-bond acceptors (Lipinski definition) is 6. The highest BCUT2D eigenvalue weighted by Crippen LogP contribution is 2.25. The standard InChI is InChI=1S/C20H25NO6S/c1-14(2)21-28(23,24)19-13-16(8-9-18(19)25-4)20(22)27-11-10-26-17-7-5-6-15(3)12-17/h5-9,12-14,21H,10-11H2,1-4H3. The summed E-state index contributed by atoms with van der Waals surface area (Å²) in [6.45, 7) is 5.58. The second-order valence-corrected chi connectivity index (χ2v) is 8.12. The second kappa shape index (κ2) is 9.57. The van der Waals surface area contributed by atoms with Gasteiger partial charge in [-0.3, -0.25) is 0 Å². The van der Waals surface area contributed by atoms with Gasteiger partial charge in [0, 0.05) is 6.04 Å². The third kappa shape index (κ3) is 5.97. The minimum absolute atomic E-state index is 0.0329. The fourth-order valence-electron chi connectivity index (χ4n) is 2.47. The van der Waals surface area contributed by atoms with E-state index in [0.717, 1.165) is 5.56 Å². The van der Waals surface area contributed by atoms with Gasteiger partial charge in [0.25, 0.3) is 0 Å². The van der Waals surface area contributed by atoms with Crippen LogP contribution in [0, 0.1) is 6.92 Å². The molecule has 0 bridgehead atoms. The Balaban J connectivity index is 2.04. The van der Waals surface area contributed by atoms with Crippen LogP contribution in [0.25, 0.3) is 0 Å². The Kier molecular flexibility index (Phi) is 7.42. The number of rotatable bonds is 9. The molecule has 0 spiro atoms. The first-order chi connectivity index (χ1) is 13.2. The molecule has 0 saturated heterocycles. The van der Waals surface area contributed by atoms with E-state index in [1.165, 1.54) is 25.3 Å². The van der Waals surface area contributed by atoms with Crippen molar-refractivity contribution < 1.29 is 27.4 Å². The topological polar surface area (TPSA) is 90.9 Å². The molecule has 0 radical (unpaired) electrons. The molecule has 28 heavy (non-hydrogen) atoms. The van der Waals surface area contributed by atoms with Gasteiger partial charge >= 0.3 is 5.97 Å². The van der Waals surface area contributed by atoms with Gasteiger partial charge in [-0.15, -0.1) is 0 Å². The van der Waals surface area contributed by atoms with E-state index in [0.29, 0.717) is 5.75 Å². The first kappa shape index (κ1) is 21.7. The SMILES string of the molecule is COc1ccc(C(=O)OCCOc2cccc(C)c2)cc1S(=O)(=O)NC(C)C. The fourth-order valence-corrected chi connectivity index (χ4v) is 3.92. The fraction of sp³-hybridized carbons (Fsp3) is 0.350. The number of benzene rings is 2. The monoisotopic (exact) mass is 407 g/mol. The predicted octanol–water partition coefficient (Wildman–Crippen LogP) is 2.93. The lowest BCUT2D eigenvalue weighted by Gasteiger charge is -2.14. The maximum Gasteiger partial charge on any atom is 0.338 e. The van der Waals surface area contributed by atoms with Crippen LogP contribution in [-0.2, 0) is 14.8 Å². The molecule has 1 N–H and O–H groups in total. The third-order valence-corrected chi connectivity index (χ3v) is 5.33. The molecule has 0 unspecified atom stereocenters. The Morgan fingerprint density at radius 3 is 2.50 bits per heavy atom. The van der Waals surface area contributed by atoms with Crippen LogP contribution in [0.2, 0.25) is 0 Å². The van der Waals surface area contributed by atoms with Crippen molar-refractivity contribution in [1.82, 2.24) is 4.72 Å². The van der Waals surface area contributed by atoms with Crippen LogP contribution in [0.15, 0.2) is 47.4 Å². The number of aryl methyl sites for hydroxylation is 1. The molecule has 2 rings (SSSR count). The highest BCUT2D eigenvalue weighted by molar-refractivity contribution is 7.89. The summed E-state index contributed by atoms with van der Waals surface area (Å²) in [6, 6.07) is 11.3. The van der Waals surface area contributed by atoms with Crippen LogP contribution >= 0.6 is 0 Å². The van der Waals surface area contributed by atoms with Crippen molar-refractivity contribution in [3.63, 3.8) is 0 Å². The maximum atomic E-state index is 12.5. The van der Waals surface area contributed by atoms with Gasteiger partial charge < -0.3 is 14.2 Å². The lowest BCUT2D eigenvalue weighted by atomic mass is 10.2. The lowest BCUT2D eigenvalue weighted by Crippen LogP contribution is -2.30. The summed E-state index contributed by atoms with van der Waals surface area (Å²) >= 11 is 0. The van der Waals surface area contributed by atoms with Gasteiger partial charge in [-0.05, 0) is 56.7 Å². The van der Waals surface area contributed by atoms with Crippen LogP contribution in [0.5, 0.6) is 11.5 Å². The van der Waals surface area contributed by atoms with Crippen molar-refractivity contribution >= 4 is 16.0 Å². The van der Waals surface area contributed by atoms with Gasteiger partial charge in [-0.25, -0.2) is 17.9 Å². The van der Waals surface area contributed by atoms with E-state index in [1.54, 1.807) is 13.8 Å². The molecule has 0 aliphatic carbocycles. The van der Waals surface area contributed by atoms with E-state index in [9.17, 15) is 13.2 Å². The van der Waals surface area contributed by atoms with Gasteiger partial charge in [-0.1, -0.05) is 12.1 Å². The smallest absolute Gasteiger partial charge is 0.338 e. The predicted molar refractivity (Wildman–Crippen MR) is 105 cm³/mol. The number of ether oxygens (including phenoxy) is 3. The summed E-state index contributed by atoms with van der Waals surface area (Å²) in [4.78, 5) is 12.2. The highest BCUT2D eigenvalue weighted by atomic mass is 32.2. The second-order valence-electron chi connectivity index (χ2n) is 6.44. The van der Waals surface area contributed by atoms with Crippen molar-refractivity contribution in [3.05, 3.63) is 53.6 Å². The van der Waals surface area contributed by atoms with Crippen molar-refractivity contribution in [3.8, 4) is 11.5 Å². The summed E-state index contributed by atoms with van der Waals surface area (Å²) in [5.41, 5.74) is 1.18. The molecule has 0 heterocycles. The van der Waals surface area contributed by atoms with E-state index in [2.05, 4.69) is 4.72 Å². The zero-order chi connectivity index (χ0) is 20.7. The van der Waals surface area contributed by atoms with Crippen molar-refractivity contribution in [2.24, 2.45) is 0 Å². The van der Waals surface area contributed by atoms with Crippen molar-refractivity contribution in [2.45, 2.75) is 31.7 Å². The average molecular weight is 407 g/mol. The Hall–Kier alpha value is -2.58. The summed E-state index contributed by atoms with van der Waals surface area (Å²) in [6.07, 6.45) is 0. The first-order valence-electron chi connectivity index (χ1n) is 8.80. The molecule has 0 atom stereocenters. The minimum Gasteiger partial charge on any atom is -0.495 e. The number of esters is 1. The largest absolute Gasteiger partial charge is 0.495 e. The molecule has 2 aromatic rings. The molecular weight excluding hydrogens is 382 g/mol. The number of carbonyl (C=O) groups is 1. The number of sulfonamides is 1. The van der Waals surface area contributed by atoms with E-state index < -0.39 is 16.0 Å². The molecule has 0 aliphatic rings. The third-order valence-electron chi connectivity index (χ3n) is 3.65. The van der Waals surface area contributed by atoms with Gasteiger partial charge in [-0.2, -0.15) is 0 Å². The van der Waals surface area contributed by atoms with Gasteiger partial charge in [0.05, 0.1) is 12.7 Å². The summed E-state index contributed by atoms with van der Waals surface area (Å²) < 4.78 is 43.3. The molecule has 152 valence electrons. The van der Waals surface area contributed by atoms with E-state index >= 15 is 0 Å². The first-order valence-corrected chi connectivity index (χ1v) is 10.3. The van der Waals surface area contributed by atoms with Gasteiger partial charge in [0.15, 0.2) is 0 Å². The molecular formula is C20H25NO6S. The van der Waals surface area contributed by atoms with Gasteiger partial charge in [0.2, 0.25) is 10.0 Å². The van der Waals surface area contributed by atoms with Crippen LogP contribution in [-0.4, -0.2) is 40.8 Å². The number of methoxy groups -OCH3 is 1. The quantitative estimate of drug-likeness (QED) is 0.508. The van der Waals surface area contributed by atoms with Crippen LogP contribution in [0.1, 0.15) is 29.8 Å². The summed E-state index contributed by atoms with van der Waals surface area (Å²) in [7, 11) is -2.47. The van der Waals surface area contributed by atoms with Crippen molar-refractivity contribution in [1.29, 1.82) is 0 Å². The van der Waals surface area contributed by atoms with E-state index in [4.69, 9.17) is 14.2 Å². The Labute approximate surface area is 165 Å². The number of nitrogens with one attached hydrogen (secondary N) is 1. The molecule has 0 amide bonds. The van der Waals surface area contributed by atoms with Crippen molar-refractivity contribution in [2.75, 3.05) is 20.3 Å². The molecule has 0 saturated carbocycles. The Morgan fingerprint density at radius 2 is 1.86 bits per heavy atom. The summed E-state index contributed by atoms with van der Waals surface area (Å²) in [5, 5.41) is 0. The highest BCUT2D eigenvalue weighted by Gasteiger charge is 2.22. The van der Waals surface area contributed by atoms with E-state index in [-0.39, 0.29) is 35.5 Å². The number of hydrogen-bond donors (Lipinski definition) is 1. The van der Waals surface area contributed by atoms with Crippen LogP contribution in [0.4, 0.5) is 0 Å². The molecule has 0 aromatic heterocycles. The van der Waals surface area contributed by atoms with Gasteiger partial charge in [0.1, 0.15) is 29.6 Å². The lowest BCUT2D eigenvalue weighted by molar-refractivity contribution is 0.0450. The molecule has 8 heteroatoms. The average Bonchev–Trinajstić information content (AvgIpc) is 2.63. The minimum atomic E-state index is -3.83. The Morgan fingerprint density at radius 1 is 1.11 bits per heavy atom. The van der Waals surface area contributed by atoms with Crippen LogP contribution in [0.3, 0.4) is 0 Å². The summed E-state index contributed by atoms with van der Waals surface area (Å²) in [5.74, 6) is 0.192. The Bertz CT molecular complexity index is 924. The zero-order valence-electron chi connectivity index (χ0n) is 16.4. The molecule has 7 nitrogen and oxygen atoms in total.